The first kappa shape index (κ1) is 11.2. The van der Waals surface area contributed by atoms with Crippen LogP contribution in [0.4, 0.5) is 0 Å². The summed E-state index contributed by atoms with van der Waals surface area (Å²) in [7, 11) is 1.63. The topological polar surface area (TPSA) is 35.5 Å². The highest BCUT2D eigenvalue weighted by Gasteiger charge is 1.97. The van der Waals surface area contributed by atoms with E-state index in [9.17, 15) is 4.79 Å². The van der Waals surface area contributed by atoms with Crippen LogP contribution in [0.1, 0.15) is 19.8 Å². The number of hydrogen-bond donors (Lipinski definition) is 0. The molecule has 0 heterocycles. The molecule has 0 atom stereocenters. The van der Waals surface area contributed by atoms with Crippen molar-refractivity contribution in [2.75, 3.05) is 20.3 Å². The lowest BCUT2D eigenvalue weighted by molar-refractivity contribution is -0.142. The fourth-order valence-electron chi connectivity index (χ4n) is 0.716. The van der Waals surface area contributed by atoms with Gasteiger partial charge in [0, 0.05) is 13.5 Å². The van der Waals surface area contributed by atoms with Crippen molar-refractivity contribution in [1.29, 1.82) is 0 Å². The number of carbonyl (C=O) groups excluding carboxylic acids is 1. The van der Waals surface area contributed by atoms with Crippen molar-refractivity contribution in [1.82, 2.24) is 0 Å². The molecular weight excluding hydrogens is 156 g/mol. The van der Waals surface area contributed by atoms with Gasteiger partial charge in [-0.05, 0) is 13.3 Å². The molecule has 3 nitrogen and oxygen atoms in total. The van der Waals surface area contributed by atoms with Gasteiger partial charge in [0.2, 0.25) is 0 Å². The molecule has 0 radical (unpaired) electrons. The van der Waals surface area contributed by atoms with E-state index in [0.29, 0.717) is 19.6 Å². The normalized spacial score (nSPS) is 10.5. The maximum Gasteiger partial charge on any atom is 0.306 e. The Morgan fingerprint density at radius 3 is 2.75 bits per heavy atom. The Morgan fingerprint density at radius 2 is 2.17 bits per heavy atom. The number of carbonyl (C=O) groups is 1. The van der Waals surface area contributed by atoms with Gasteiger partial charge in [-0.25, -0.2) is 0 Å². The molecule has 0 fully saturated rings. The van der Waals surface area contributed by atoms with Crippen LogP contribution in [0.3, 0.4) is 0 Å². The number of esters is 1. The summed E-state index contributed by atoms with van der Waals surface area (Å²) in [6, 6.07) is 0. The SMILES string of the molecule is CCOC(=O)CC/C=C/COC. The van der Waals surface area contributed by atoms with E-state index in [4.69, 9.17) is 9.47 Å². The third-order valence-corrected chi connectivity index (χ3v) is 1.25. The predicted molar refractivity (Wildman–Crippen MR) is 46.9 cm³/mol. The molecule has 0 N–H and O–H groups in total. The zero-order chi connectivity index (χ0) is 9.23. The van der Waals surface area contributed by atoms with E-state index in [-0.39, 0.29) is 5.97 Å². The number of methoxy groups -OCH3 is 1. The molecule has 3 heteroatoms. The summed E-state index contributed by atoms with van der Waals surface area (Å²) in [4.78, 5) is 10.8. The van der Waals surface area contributed by atoms with Gasteiger partial charge in [-0.1, -0.05) is 12.2 Å². The van der Waals surface area contributed by atoms with E-state index in [0.717, 1.165) is 6.42 Å². The van der Waals surface area contributed by atoms with Gasteiger partial charge in [-0.3, -0.25) is 4.79 Å². The number of rotatable bonds is 6. The van der Waals surface area contributed by atoms with Crippen molar-refractivity contribution in [3.63, 3.8) is 0 Å². The van der Waals surface area contributed by atoms with E-state index < -0.39 is 0 Å². The molecule has 0 saturated heterocycles. The molecule has 0 aliphatic carbocycles. The average molecular weight is 172 g/mol. The van der Waals surface area contributed by atoms with Crippen LogP contribution < -0.4 is 0 Å². The Labute approximate surface area is 73.4 Å². The second-order valence-electron chi connectivity index (χ2n) is 2.27. The van der Waals surface area contributed by atoms with Crippen molar-refractivity contribution in [3.8, 4) is 0 Å². The van der Waals surface area contributed by atoms with Gasteiger partial charge in [0.25, 0.3) is 0 Å². The van der Waals surface area contributed by atoms with Crippen LogP contribution in [0.15, 0.2) is 12.2 Å². The maximum absolute atomic E-state index is 10.8. The lowest BCUT2D eigenvalue weighted by Crippen LogP contribution is -2.02. The van der Waals surface area contributed by atoms with Crippen molar-refractivity contribution >= 4 is 5.97 Å². The summed E-state index contributed by atoms with van der Waals surface area (Å²) in [6.07, 6.45) is 4.98. The van der Waals surface area contributed by atoms with Gasteiger partial charge in [0.05, 0.1) is 13.2 Å². The summed E-state index contributed by atoms with van der Waals surface area (Å²) in [5, 5.41) is 0. The Hall–Kier alpha value is -0.830. The van der Waals surface area contributed by atoms with E-state index in [2.05, 4.69) is 0 Å². The molecule has 0 saturated carbocycles. The van der Waals surface area contributed by atoms with Gasteiger partial charge in [0.1, 0.15) is 0 Å². The van der Waals surface area contributed by atoms with E-state index >= 15 is 0 Å². The third-order valence-electron chi connectivity index (χ3n) is 1.25. The second kappa shape index (κ2) is 8.27. The van der Waals surface area contributed by atoms with Gasteiger partial charge in [-0.2, -0.15) is 0 Å². The minimum absolute atomic E-state index is 0.139. The first-order valence-electron chi connectivity index (χ1n) is 4.10. The molecule has 0 aromatic carbocycles. The molecule has 0 aliphatic rings. The molecule has 0 aromatic rings. The molecule has 12 heavy (non-hydrogen) atoms. The highest BCUT2D eigenvalue weighted by molar-refractivity contribution is 5.69. The fraction of sp³-hybridized carbons (Fsp3) is 0.667. The highest BCUT2D eigenvalue weighted by Crippen LogP contribution is 1.94. The molecule has 0 aliphatic heterocycles. The lowest BCUT2D eigenvalue weighted by Gasteiger charge is -1.97. The van der Waals surface area contributed by atoms with Crippen molar-refractivity contribution in [3.05, 3.63) is 12.2 Å². The summed E-state index contributed by atoms with van der Waals surface area (Å²) >= 11 is 0. The minimum atomic E-state index is -0.139. The molecule has 0 bridgehead atoms. The van der Waals surface area contributed by atoms with Gasteiger partial charge in [-0.15, -0.1) is 0 Å². The van der Waals surface area contributed by atoms with Crippen LogP contribution in [0.2, 0.25) is 0 Å². The summed E-state index contributed by atoms with van der Waals surface area (Å²) < 4.78 is 9.54. The second-order valence-corrected chi connectivity index (χ2v) is 2.27. The smallest absolute Gasteiger partial charge is 0.306 e. The fourth-order valence-corrected chi connectivity index (χ4v) is 0.716. The number of hydrogen-bond acceptors (Lipinski definition) is 3. The average Bonchev–Trinajstić information content (AvgIpc) is 2.05. The quantitative estimate of drug-likeness (QED) is 0.450. The van der Waals surface area contributed by atoms with Crippen LogP contribution in [0.25, 0.3) is 0 Å². The van der Waals surface area contributed by atoms with Crippen molar-refractivity contribution in [2.45, 2.75) is 19.8 Å². The first-order chi connectivity index (χ1) is 5.81. The third kappa shape index (κ3) is 7.28. The first-order valence-corrected chi connectivity index (χ1v) is 4.10. The summed E-state index contributed by atoms with van der Waals surface area (Å²) in [5.41, 5.74) is 0. The Balaban J connectivity index is 3.24. The van der Waals surface area contributed by atoms with E-state index in [1.807, 2.05) is 12.2 Å². The molecule has 0 amide bonds. The molecular formula is C9H16O3. The molecule has 0 spiro atoms. The molecule has 0 aromatic heterocycles. The Kier molecular flexibility index (Phi) is 7.70. The molecule has 0 unspecified atom stereocenters. The van der Waals surface area contributed by atoms with Crippen molar-refractivity contribution < 1.29 is 14.3 Å². The monoisotopic (exact) mass is 172 g/mol. The number of allylic oxidation sites excluding steroid dienone is 1. The van der Waals surface area contributed by atoms with Crippen LogP contribution >= 0.6 is 0 Å². The van der Waals surface area contributed by atoms with Gasteiger partial charge < -0.3 is 9.47 Å². The van der Waals surface area contributed by atoms with E-state index in [1.54, 1.807) is 14.0 Å². The minimum Gasteiger partial charge on any atom is -0.466 e. The maximum atomic E-state index is 10.8. The lowest BCUT2D eigenvalue weighted by atomic mass is 10.3. The summed E-state index contributed by atoms with van der Waals surface area (Å²) in [5.74, 6) is -0.139. The zero-order valence-corrected chi connectivity index (χ0v) is 7.71. The highest BCUT2D eigenvalue weighted by atomic mass is 16.5. The van der Waals surface area contributed by atoms with Crippen LogP contribution in [-0.4, -0.2) is 26.3 Å². The Bertz CT molecular complexity index is 141. The number of ether oxygens (including phenoxy) is 2. The van der Waals surface area contributed by atoms with Crippen LogP contribution in [-0.2, 0) is 14.3 Å². The van der Waals surface area contributed by atoms with Gasteiger partial charge in [0.15, 0.2) is 0 Å². The standard InChI is InChI=1S/C9H16O3/c1-3-12-9(10)7-5-4-6-8-11-2/h4,6H,3,5,7-8H2,1-2H3/b6-4+. The predicted octanol–water partition coefficient (Wildman–Crippen LogP) is 1.53. The Morgan fingerprint density at radius 1 is 1.42 bits per heavy atom. The molecule has 70 valence electrons. The molecule has 0 rings (SSSR count). The van der Waals surface area contributed by atoms with Crippen LogP contribution in [0.5, 0.6) is 0 Å². The van der Waals surface area contributed by atoms with Crippen LogP contribution in [0, 0.1) is 0 Å². The van der Waals surface area contributed by atoms with Gasteiger partial charge >= 0.3 is 5.97 Å². The largest absolute Gasteiger partial charge is 0.466 e. The zero-order valence-electron chi connectivity index (χ0n) is 7.71. The summed E-state index contributed by atoms with van der Waals surface area (Å²) in [6.45, 7) is 2.86. The van der Waals surface area contributed by atoms with Crippen molar-refractivity contribution in [2.24, 2.45) is 0 Å². The van der Waals surface area contributed by atoms with E-state index in [1.165, 1.54) is 0 Å².